The SMILES string of the molecule is O=C(O)C1CC(O)(CNC(=O)C(F)(F)F)C1. The normalized spacial score (nSPS) is 29.4. The Hall–Kier alpha value is -1.31. The van der Waals surface area contributed by atoms with Crippen LogP contribution in [0.1, 0.15) is 12.8 Å². The molecule has 0 aromatic rings. The van der Waals surface area contributed by atoms with Gasteiger partial charge in [-0.1, -0.05) is 0 Å². The zero-order chi connectivity index (χ0) is 12.6. The van der Waals surface area contributed by atoms with Crippen molar-refractivity contribution in [3.63, 3.8) is 0 Å². The van der Waals surface area contributed by atoms with Gasteiger partial charge in [0.05, 0.1) is 11.5 Å². The molecule has 0 unspecified atom stereocenters. The Bertz CT molecular complexity index is 309. The Morgan fingerprint density at radius 2 is 1.88 bits per heavy atom. The number of hydrogen-bond acceptors (Lipinski definition) is 3. The van der Waals surface area contributed by atoms with Crippen molar-refractivity contribution >= 4 is 11.9 Å². The first-order chi connectivity index (χ1) is 7.14. The summed E-state index contributed by atoms with van der Waals surface area (Å²) in [7, 11) is 0. The first-order valence-corrected chi connectivity index (χ1v) is 4.44. The second kappa shape index (κ2) is 3.93. The van der Waals surface area contributed by atoms with Gasteiger partial charge >= 0.3 is 18.1 Å². The van der Waals surface area contributed by atoms with E-state index in [0.29, 0.717) is 0 Å². The fourth-order valence-electron chi connectivity index (χ4n) is 1.52. The molecular formula is C8H10F3NO4. The summed E-state index contributed by atoms with van der Waals surface area (Å²) in [5, 5.41) is 19.5. The lowest BCUT2D eigenvalue weighted by Crippen LogP contribution is -2.55. The molecule has 0 bridgehead atoms. The summed E-state index contributed by atoms with van der Waals surface area (Å²) < 4.78 is 35.3. The number of halogens is 3. The van der Waals surface area contributed by atoms with Crippen LogP contribution in [0.5, 0.6) is 0 Å². The largest absolute Gasteiger partial charge is 0.481 e. The number of rotatable bonds is 3. The average Bonchev–Trinajstić information content (AvgIpc) is 2.07. The highest BCUT2D eigenvalue weighted by Crippen LogP contribution is 2.37. The molecule has 0 aliphatic heterocycles. The third kappa shape index (κ3) is 2.84. The van der Waals surface area contributed by atoms with Gasteiger partial charge in [0.1, 0.15) is 0 Å². The van der Waals surface area contributed by atoms with Crippen LogP contribution in [0.4, 0.5) is 13.2 Å². The van der Waals surface area contributed by atoms with Crippen molar-refractivity contribution in [3.8, 4) is 0 Å². The van der Waals surface area contributed by atoms with Crippen LogP contribution in [0.2, 0.25) is 0 Å². The van der Waals surface area contributed by atoms with E-state index in [2.05, 4.69) is 0 Å². The number of aliphatic hydroxyl groups is 1. The fourth-order valence-corrected chi connectivity index (χ4v) is 1.52. The molecule has 1 saturated carbocycles. The highest BCUT2D eigenvalue weighted by molar-refractivity contribution is 5.81. The van der Waals surface area contributed by atoms with Crippen LogP contribution in [-0.4, -0.2) is 40.4 Å². The molecule has 5 nitrogen and oxygen atoms in total. The van der Waals surface area contributed by atoms with Crippen molar-refractivity contribution in [1.29, 1.82) is 0 Å². The third-order valence-electron chi connectivity index (χ3n) is 2.44. The quantitative estimate of drug-likeness (QED) is 0.643. The molecule has 92 valence electrons. The fraction of sp³-hybridized carbons (Fsp3) is 0.750. The van der Waals surface area contributed by atoms with E-state index in [0.717, 1.165) is 0 Å². The van der Waals surface area contributed by atoms with Crippen LogP contribution < -0.4 is 5.32 Å². The van der Waals surface area contributed by atoms with Crippen molar-refractivity contribution in [2.45, 2.75) is 24.6 Å². The zero-order valence-electron chi connectivity index (χ0n) is 8.04. The highest BCUT2D eigenvalue weighted by atomic mass is 19.4. The molecule has 0 saturated heterocycles. The molecule has 1 rings (SSSR count). The minimum atomic E-state index is -4.99. The molecule has 0 spiro atoms. The van der Waals surface area contributed by atoms with Gasteiger partial charge in [0, 0.05) is 6.54 Å². The summed E-state index contributed by atoms with van der Waals surface area (Å²) in [5.41, 5.74) is -1.54. The summed E-state index contributed by atoms with van der Waals surface area (Å²) in [5.74, 6) is -4.00. The Morgan fingerprint density at radius 3 is 2.25 bits per heavy atom. The number of carboxylic acids is 1. The number of amides is 1. The second-order valence-electron chi connectivity index (χ2n) is 3.85. The maximum Gasteiger partial charge on any atom is 0.471 e. The molecule has 8 heteroatoms. The van der Waals surface area contributed by atoms with E-state index in [-0.39, 0.29) is 12.8 Å². The standard InChI is InChI=1S/C8H10F3NO4/c9-8(10,11)6(15)12-3-7(16)1-4(2-7)5(13)14/h4,16H,1-3H2,(H,12,15)(H,13,14). The molecule has 0 atom stereocenters. The molecular weight excluding hydrogens is 231 g/mol. The van der Waals surface area contributed by atoms with Gasteiger partial charge in [-0.2, -0.15) is 13.2 Å². The van der Waals surface area contributed by atoms with Gasteiger partial charge in [0.2, 0.25) is 0 Å². The number of aliphatic carboxylic acids is 1. The lowest BCUT2D eigenvalue weighted by Gasteiger charge is -2.41. The number of hydrogen-bond donors (Lipinski definition) is 3. The Kier molecular flexibility index (Phi) is 3.13. The second-order valence-corrected chi connectivity index (χ2v) is 3.85. The van der Waals surface area contributed by atoms with Crippen molar-refractivity contribution in [2.75, 3.05) is 6.54 Å². The van der Waals surface area contributed by atoms with Gasteiger partial charge in [-0.3, -0.25) is 9.59 Å². The maximum absolute atomic E-state index is 11.8. The summed E-state index contributed by atoms with van der Waals surface area (Å²) in [6.45, 7) is -0.588. The average molecular weight is 241 g/mol. The van der Waals surface area contributed by atoms with Gasteiger partial charge in [-0.25, -0.2) is 0 Å². The molecule has 0 radical (unpaired) electrons. The maximum atomic E-state index is 11.8. The van der Waals surface area contributed by atoms with Gasteiger partial charge in [0.25, 0.3) is 0 Å². The van der Waals surface area contributed by atoms with Crippen LogP contribution >= 0.6 is 0 Å². The van der Waals surface area contributed by atoms with Crippen LogP contribution in [0, 0.1) is 5.92 Å². The van der Waals surface area contributed by atoms with Crippen molar-refractivity contribution in [2.24, 2.45) is 5.92 Å². The number of alkyl halides is 3. The van der Waals surface area contributed by atoms with Gasteiger partial charge in [-0.05, 0) is 12.8 Å². The minimum absolute atomic E-state index is 0.152. The van der Waals surface area contributed by atoms with Crippen molar-refractivity contribution in [3.05, 3.63) is 0 Å². The molecule has 1 fully saturated rings. The van der Waals surface area contributed by atoms with Crippen molar-refractivity contribution in [1.82, 2.24) is 5.32 Å². The molecule has 0 aromatic heterocycles. The molecule has 16 heavy (non-hydrogen) atoms. The summed E-state index contributed by atoms with van der Waals surface area (Å²) in [6.07, 6.45) is -5.30. The summed E-state index contributed by atoms with van der Waals surface area (Å²) >= 11 is 0. The Labute approximate surface area is 88.2 Å². The van der Waals surface area contributed by atoms with Gasteiger partial charge in [-0.15, -0.1) is 0 Å². The van der Waals surface area contributed by atoms with Crippen LogP contribution in [0.3, 0.4) is 0 Å². The molecule has 3 N–H and O–H groups in total. The molecule has 0 aromatic carbocycles. The molecule has 1 aliphatic carbocycles. The summed E-state index contributed by atoms with van der Waals surface area (Å²) in [4.78, 5) is 20.8. The number of nitrogens with one attached hydrogen (secondary N) is 1. The monoisotopic (exact) mass is 241 g/mol. The Morgan fingerprint density at radius 1 is 1.38 bits per heavy atom. The summed E-state index contributed by atoms with van der Waals surface area (Å²) in [6, 6.07) is 0. The topological polar surface area (TPSA) is 86.6 Å². The first-order valence-electron chi connectivity index (χ1n) is 4.44. The third-order valence-corrected chi connectivity index (χ3v) is 2.44. The minimum Gasteiger partial charge on any atom is -0.481 e. The van der Waals surface area contributed by atoms with E-state index in [9.17, 15) is 27.9 Å². The zero-order valence-corrected chi connectivity index (χ0v) is 8.04. The van der Waals surface area contributed by atoms with Gasteiger partial charge < -0.3 is 15.5 Å². The van der Waals surface area contributed by atoms with E-state index >= 15 is 0 Å². The molecule has 0 heterocycles. The van der Waals surface area contributed by atoms with E-state index in [1.54, 1.807) is 0 Å². The molecule has 1 amide bonds. The van der Waals surface area contributed by atoms with Gasteiger partial charge in [0.15, 0.2) is 0 Å². The lowest BCUT2D eigenvalue weighted by atomic mass is 9.71. The van der Waals surface area contributed by atoms with E-state index in [1.165, 1.54) is 5.32 Å². The molecule has 1 aliphatic rings. The number of carbonyl (C=O) groups excluding carboxylic acids is 1. The van der Waals surface area contributed by atoms with E-state index < -0.39 is 36.1 Å². The number of carboxylic acid groups (broad SMARTS) is 1. The van der Waals surface area contributed by atoms with Crippen LogP contribution in [0.25, 0.3) is 0 Å². The van der Waals surface area contributed by atoms with Crippen LogP contribution in [-0.2, 0) is 9.59 Å². The number of carbonyl (C=O) groups is 2. The lowest BCUT2D eigenvalue weighted by molar-refractivity contribution is -0.176. The first kappa shape index (κ1) is 12.8. The smallest absolute Gasteiger partial charge is 0.471 e. The highest BCUT2D eigenvalue weighted by Gasteiger charge is 2.48. The van der Waals surface area contributed by atoms with Crippen LogP contribution in [0.15, 0.2) is 0 Å². The Balaban J connectivity index is 2.36. The van der Waals surface area contributed by atoms with E-state index in [4.69, 9.17) is 5.11 Å². The van der Waals surface area contributed by atoms with Crippen molar-refractivity contribution < 1.29 is 33.0 Å². The van der Waals surface area contributed by atoms with E-state index in [1.807, 2.05) is 0 Å². The predicted molar refractivity (Wildman–Crippen MR) is 44.4 cm³/mol. The predicted octanol–water partition coefficient (Wildman–Crippen LogP) is -0.109.